The van der Waals surface area contributed by atoms with Crippen LogP contribution in [0.2, 0.25) is 0 Å². The van der Waals surface area contributed by atoms with E-state index in [0.717, 1.165) is 31.3 Å². The van der Waals surface area contributed by atoms with Gasteiger partial charge in [0.2, 0.25) is 0 Å². The van der Waals surface area contributed by atoms with E-state index in [1.807, 2.05) is 89.1 Å². The van der Waals surface area contributed by atoms with Gasteiger partial charge >= 0.3 is 0 Å². The minimum atomic E-state index is 1.10. The second kappa shape index (κ2) is 7.69. The number of benzene rings is 3. The van der Waals surface area contributed by atoms with Crippen LogP contribution in [0.3, 0.4) is 0 Å². The van der Waals surface area contributed by atoms with Gasteiger partial charge in [0.1, 0.15) is 0 Å². The molecule has 0 radical (unpaired) electrons. The minimum Gasteiger partial charge on any atom is -0.290 e. The maximum atomic E-state index is 3.39. The molecule has 0 unspecified atom stereocenters. The highest BCUT2D eigenvalue weighted by atomic mass is 16.2. The lowest BCUT2D eigenvalue weighted by Crippen LogP contribution is -2.69. The van der Waals surface area contributed by atoms with Crippen LogP contribution < -0.4 is 53.1 Å². The van der Waals surface area contributed by atoms with E-state index >= 15 is 0 Å². The predicted molar refractivity (Wildman–Crippen MR) is 124 cm³/mol. The van der Waals surface area contributed by atoms with Gasteiger partial charge in [0.05, 0.1) is 12.4 Å². The van der Waals surface area contributed by atoms with Crippen LogP contribution in [0.1, 0.15) is 0 Å². The fraction of sp³-hybridized carbons (Fsp3) is 0. The molecule has 0 saturated carbocycles. The molecule has 3 aliphatic heterocycles. The first-order valence-corrected chi connectivity index (χ1v) is 10.4. The first-order valence-electron chi connectivity index (χ1n) is 10.4. The molecular formula is C24H22N8. The quantitative estimate of drug-likeness (QED) is 0.345. The zero-order valence-electron chi connectivity index (χ0n) is 17.2. The molecule has 0 aromatic heterocycles. The molecule has 0 spiro atoms. The van der Waals surface area contributed by atoms with Crippen molar-refractivity contribution in [1.29, 1.82) is 0 Å². The summed E-state index contributed by atoms with van der Waals surface area (Å²) in [4.78, 5) is 0. The Morgan fingerprint density at radius 2 is 0.906 bits per heavy atom. The Bertz CT molecular complexity index is 1450. The highest BCUT2D eigenvalue weighted by Gasteiger charge is 2.22. The van der Waals surface area contributed by atoms with Gasteiger partial charge in [-0.15, -0.1) is 5.53 Å². The van der Waals surface area contributed by atoms with Crippen LogP contribution >= 0.6 is 0 Å². The smallest absolute Gasteiger partial charge is 0.0511 e. The van der Waals surface area contributed by atoms with Gasteiger partial charge in [-0.3, -0.25) is 16.3 Å². The van der Waals surface area contributed by atoms with E-state index in [4.69, 9.17) is 0 Å². The molecule has 0 atom stereocenters. The highest BCUT2D eigenvalue weighted by molar-refractivity contribution is 5.37. The van der Waals surface area contributed by atoms with Gasteiger partial charge in [-0.05, 0) is 5.23 Å². The predicted octanol–water partition coefficient (Wildman–Crippen LogP) is -2.47. The highest BCUT2D eigenvalue weighted by Crippen LogP contribution is 2.02. The second-order valence-electron chi connectivity index (χ2n) is 7.54. The number of hydrogen-bond donors (Lipinski definition) is 4. The zero-order chi connectivity index (χ0) is 21.3. The summed E-state index contributed by atoms with van der Waals surface area (Å²) in [5, 5.41) is 14.1. The van der Waals surface area contributed by atoms with Crippen LogP contribution in [0.15, 0.2) is 72.8 Å². The van der Waals surface area contributed by atoms with Gasteiger partial charge in [0, 0.05) is 56.1 Å². The molecule has 158 valence electrons. The number of hydrogen-bond acceptors (Lipinski definition) is 8. The summed E-state index contributed by atoms with van der Waals surface area (Å²) in [5.41, 5.74) is 13.3. The SMILES string of the molecule is C1=c2ccccc2=CN(NN(N2C=c3ccccc3=CN2)N2C=c3ccccc3=CN2)N1. The molecule has 8 nitrogen and oxygen atoms in total. The van der Waals surface area contributed by atoms with Gasteiger partial charge in [0.15, 0.2) is 0 Å². The summed E-state index contributed by atoms with van der Waals surface area (Å²) in [7, 11) is 0. The van der Waals surface area contributed by atoms with Crippen LogP contribution in [0, 0.1) is 0 Å². The maximum absolute atomic E-state index is 3.39. The van der Waals surface area contributed by atoms with Gasteiger partial charge < -0.3 is 0 Å². The van der Waals surface area contributed by atoms with Crippen molar-refractivity contribution >= 4 is 37.2 Å². The lowest BCUT2D eigenvalue weighted by molar-refractivity contribution is -0.222. The molecule has 0 saturated heterocycles. The molecule has 8 heteroatoms. The summed E-state index contributed by atoms with van der Waals surface area (Å²) in [5.74, 6) is 0. The van der Waals surface area contributed by atoms with Crippen molar-refractivity contribution in [2.24, 2.45) is 0 Å². The number of nitrogens with zero attached hydrogens (tertiary/aromatic N) is 4. The molecular weight excluding hydrogens is 400 g/mol. The van der Waals surface area contributed by atoms with E-state index in [1.54, 1.807) is 5.12 Å². The van der Waals surface area contributed by atoms with Gasteiger partial charge in [-0.25, -0.2) is 5.12 Å². The van der Waals surface area contributed by atoms with Crippen LogP contribution in [-0.2, 0) is 0 Å². The molecule has 4 N–H and O–H groups in total. The third-order valence-electron chi connectivity index (χ3n) is 5.45. The van der Waals surface area contributed by atoms with E-state index in [2.05, 4.69) is 58.2 Å². The van der Waals surface area contributed by atoms with E-state index in [1.165, 1.54) is 0 Å². The van der Waals surface area contributed by atoms with Crippen molar-refractivity contribution in [3.05, 3.63) is 104 Å². The van der Waals surface area contributed by atoms with Gasteiger partial charge in [0.25, 0.3) is 0 Å². The second-order valence-corrected chi connectivity index (χ2v) is 7.54. The van der Waals surface area contributed by atoms with E-state index in [-0.39, 0.29) is 0 Å². The average Bonchev–Trinajstić information content (AvgIpc) is 2.86. The summed E-state index contributed by atoms with van der Waals surface area (Å²) in [6.45, 7) is 0. The minimum absolute atomic E-state index is 1.10. The van der Waals surface area contributed by atoms with Crippen LogP contribution in [-0.4, -0.2) is 20.6 Å². The van der Waals surface area contributed by atoms with Gasteiger partial charge in [-0.2, -0.15) is 10.2 Å². The number of nitrogens with one attached hydrogen (secondary N) is 4. The first-order chi connectivity index (χ1) is 15.8. The van der Waals surface area contributed by atoms with Crippen molar-refractivity contribution in [2.45, 2.75) is 0 Å². The van der Waals surface area contributed by atoms with E-state index in [9.17, 15) is 0 Å². The lowest BCUT2D eigenvalue weighted by Gasteiger charge is -2.43. The Kier molecular flexibility index (Phi) is 4.42. The van der Waals surface area contributed by atoms with Crippen molar-refractivity contribution in [2.75, 3.05) is 0 Å². The standard InChI is InChI=1S/C24H22N8/c1-4-10-22-16-29(25-13-19(22)7-1)28-32(30-17-23-11-5-2-8-20(23)14-26-30)31-18-24-12-6-3-9-21(24)15-27-31/h1-18,25-28H. The third kappa shape index (κ3) is 3.39. The Hall–Kier alpha value is -4.40. The van der Waals surface area contributed by atoms with Crippen LogP contribution in [0.25, 0.3) is 37.2 Å². The van der Waals surface area contributed by atoms with E-state index < -0.39 is 0 Å². The molecule has 0 fully saturated rings. The fourth-order valence-electron chi connectivity index (χ4n) is 3.78. The molecule has 3 aliphatic rings. The van der Waals surface area contributed by atoms with Gasteiger partial charge in [-0.1, -0.05) is 72.8 Å². The van der Waals surface area contributed by atoms with E-state index in [0.29, 0.717) is 0 Å². The fourth-order valence-corrected chi connectivity index (χ4v) is 3.78. The van der Waals surface area contributed by atoms with Crippen molar-refractivity contribution in [3.8, 4) is 0 Å². The normalized spacial score (nSPS) is 15.5. The summed E-state index contributed by atoms with van der Waals surface area (Å²) >= 11 is 0. The van der Waals surface area contributed by atoms with Crippen molar-refractivity contribution in [3.63, 3.8) is 0 Å². The summed E-state index contributed by atoms with van der Waals surface area (Å²) in [6, 6.07) is 24.7. The molecule has 32 heavy (non-hydrogen) atoms. The molecule has 3 aromatic rings. The number of hydrazine groups is 7. The Balaban J connectivity index is 1.38. The Labute approximate surface area is 184 Å². The molecule has 6 rings (SSSR count). The molecule has 3 heterocycles. The maximum Gasteiger partial charge on any atom is 0.0511 e. The Morgan fingerprint density at radius 3 is 1.41 bits per heavy atom. The van der Waals surface area contributed by atoms with Crippen LogP contribution in [0.4, 0.5) is 0 Å². The molecule has 0 amide bonds. The van der Waals surface area contributed by atoms with Crippen molar-refractivity contribution in [1.82, 2.24) is 42.4 Å². The summed E-state index contributed by atoms with van der Waals surface area (Å²) < 4.78 is 0. The third-order valence-corrected chi connectivity index (χ3v) is 5.45. The number of fused-ring (bicyclic) bond motifs is 3. The molecule has 3 aromatic carbocycles. The molecule has 0 bridgehead atoms. The number of rotatable bonds is 4. The summed E-state index contributed by atoms with van der Waals surface area (Å²) in [6.07, 6.45) is 12.0. The Morgan fingerprint density at radius 1 is 0.500 bits per heavy atom. The first kappa shape index (κ1) is 18.4. The zero-order valence-corrected chi connectivity index (χ0v) is 17.2. The molecule has 0 aliphatic carbocycles. The monoisotopic (exact) mass is 422 g/mol. The van der Waals surface area contributed by atoms with Crippen LogP contribution in [0.5, 0.6) is 0 Å². The topological polar surface area (TPSA) is 61.1 Å². The average molecular weight is 422 g/mol. The largest absolute Gasteiger partial charge is 0.290 e. The lowest BCUT2D eigenvalue weighted by atomic mass is 10.2. The van der Waals surface area contributed by atoms with Crippen molar-refractivity contribution < 1.29 is 0 Å².